The third kappa shape index (κ3) is 4.01. The monoisotopic (exact) mass is 475 g/mol. The van der Waals surface area contributed by atoms with Gasteiger partial charge in [-0.3, -0.25) is 14.7 Å². The van der Waals surface area contributed by atoms with E-state index in [0.29, 0.717) is 29.9 Å². The van der Waals surface area contributed by atoms with Gasteiger partial charge in [-0.1, -0.05) is 12.2 Å². The molecule has 0 bridgehead atoms. The molecule has 4 rings (SSSR count). The molecule has 3 heterocycles. The number of carbonyl (C=O) groups is 1. The molecular weight excluding hydrogens is 455 g/mol. The summed E-state index contributed by atoms with van der Waals surface area (Å²) in [6.07, 6.45) is 8.23. The first kappa shape index (κ1) is 23.0. The summed E-state index contributed by atoms with van der Waals surface area (Å²) < 4.78 is 38.4. The first-order valence-corrected chi connectivity index (χ1v) is 10.6. The third-order valence-corrected chi connectivity index (χ3v) is 7.02. The van der Waals surface area contributed by atoms with Crippen LogP contribution in [0, 0.1) is 5.41 Å². The molecule has 1 aliphatic carbocycles. The molecule has 0 saturated heterocycles. The van der Waals surface area contributed by atoms with Gasteiger partial charge in [0.15, 0.2) is 0 Å². The minimum absolute atomic E-state index is 0.223. The van der Waals surface area contributed by atoms with Crippen molar-refractivity contribution in [1.82, 2.24) is 20.3 Å². The summed E-state index contributed by atoms with van der Waals surface area (Å²) in [7, 11) is 1.59. The summed E-state index contributed by atoms with van der Waals surface area (Å²) in [5, 5.41) is 3.16. The van der Waals surface area contributed by atoms with E-state index in [9.17, 15) is 18.0 Å². The summed E-state index contributed by atoms with van der Waals surface area (Å²) >= 11 is 6.99. The van der Waals surface area contributed by atoms with E-state index in [2.05, 4.69) is 20.3 Å². The van der Waals surface area contributed by atoms with Gasteiger partial charge in [-0.25, -0.2) is 9.97 Å². The molecule has 2 aliphatic rings. The normalized spacial score (nSPS) is 24.4. The lowest BCUT2D eigenvalue weighted by molar-refractivity contribution is -0.141. The van der Waals surface area contributed by atoms with Gasteiger partial charge < -0.3 is 5.32 Å². The smallest absolute Gasteiger partial charge is 0.364 e. The number of aromatic nitrogens is 3. The van der Waals surface area contributed by atoms with Gasteiger partial charge in [0.05, 0.1) is 16.0 Å². The second-order valence-electron chi connectivity index (χ2n) is 8.16. The van der Waals surface area contributed by atoms with Gasteiger partial charge >= 0.3 is 6.18 Å². The molecule has 0 spiro atoms. The Labute approximate surface area is 193 Å². The second kappa shape index (κ2) is 8.30. The fourth-order valence-electron chi connectivity index (χ4n) is 4.01. The van der Waals surface area contributed by atoms with Crippen molar-refractivity contribution < 1.29 is 18.0 Å². The summed E-state index contributed by atoms with van der Waals surface area (Å²) in [5.74, 6) is 0.0819. The fourth-order valence-corrected chi connectivity index (χ4v) is 4.39. The molecule has 1 saturated carbocycles. The van der Waals surface area contributed by atoms with Crippen LogP contribution in [0.5, 0.6) is 0 Å². The topological polar surface area (TPSA) is 71.0 Å². The highest BCUT2D eigenvalue weighted by atomic mass is 35.5. The highest BCUT2D eigenvalue weighted by molar-refractivity contribution is 6.29. The maximum atomic E-state index is 13.5. The predicted molar refractivity (Wildman–Crippen MR) is 119 cm³/mol. The van der Waals surface area contributed by atoms with Crippen molar-refractivity contribution in [2.75, 3.05) is 11.9 Å². The van der Waals surface area contributed by atoms with Gasteiger partial charge in [-0.2, -0.15) is 13.2 Å². The molecule has 10 heteroatoms. The van der Waals surface area contributed by atoms with E-state index in [4.69, 9.17) is 11.6 Å². The van der Waals surface area contributed by atoms with Gasteiger partial charge in [0, 0.05) is 36.8 Å². The number of allylic oxidation sites excluding steroid dienone is 5. The minimum atomic E-state index is -4.53. The predicted octanol–water partition coefficient (Wildman–Crippen LogP) is 4.85. The Morgan fingerprint density at radius 1 is 1.15 bits per heavy atom. The number of carbonyl (C=O) groups excluding carboxylic acids is 1. The highest BCUT2D eigenvalue weighted by Gasteiger charge is 2.62. The molecule has 172 valence electrons. The fraction of sp³-hybridized carbons (Fsp3) is 0.304. The maximum absolute atomic E-state index is 13.5. The van der Waals surface area contributed by atoms with E-state index in [-0.39, 0.29) is 5.91 Å². The highest BCUT2D eigenvalue weighted by Crippen LogP contribution is 2.58. The third-order valence-electron chi connectivity index (χ3n) is 6.21. The van der Waals surface area contributed by atoms with Crippen molar-refractivity contribution in [3.05, 3.63) is 72.6 Å². The number of hydrogen-bond donors (Lipinski definition) is 1. The Bertz CT molecular complexity index is 1160. The van der Waals surface area contributed by atoms with Crippen LogP contribution in [0.2, 0.25) is 0 Å². The summed E-state index contributed by atoms with van der Waals surface area (Å²) in [6, 6.07) is 3.71. The van der Waals surface area contributed by atoms with Crippen molar-refractivity contribution in [3.63, 3.8) is 0 Å². The zero-order chi connectivity index (χ0) is 23.9. The van der Waals surface area contributed by atoms with E-state index in [0.717, 1.165) is 18.0 Å². The van der Waals surface area contributed by atoms with E-state index >= 15 is 0 Å². The Morgan fingerprint density at radius 2 is 1.94 bits per heavy atom. The zero-order valence-corrected chi connectivity index (χ0v) is 18.7. The largest absolute Gasteiger partial charge is 0.433 e. The van der Waals surface area contributed by atoms with Crippen LogP contribution in [-0.4, -0.2) is 32.8 Å². The molecule has 6 nitrogen and oxygen atoms in total. The standard InChI is InChI=1S/C23H21ClF3N5O/c1-21(9-10-22(21,24)17-6-4-3-5-11-28-17)20(33)32(2)19-12-16(30-14-31-19)15-7-8-18(29-13-15)23(25,26)27/h3-8,11-14,28H,9-10H2,1-2H3. The summed E-state index contributed by atoms with van der Waals surface area (Å²) in [6.45, 7) is 1.82. The van der Waals surface area contributed by atoms with E-state index < -0.39 is 22.2 Å². The maximum Gasteiger partial charge on any atom is 0.433 e. The Morgan fingerprint density at radius 3 is 2.58 bits per heavy atom. The molecule has 2 atom stereocenters. The molecule has 1 aliphatic heterocycles. The van der Waals surface area contributed by atoms with Crippen LogP contribution >= 0.6 is 11.6 Å². The Hall–Kier alpha value is -3.20. The van der Waals surface area contributed by atoms with Crippen LogP contribution in [0.4, 0.5) is 19.0 Å². The van der Waals surface area contributed by atoms with Crippen molar-refractivity contribution in [3.8, 4) is 11.3 Å². The minimum Gasteiger partial charge on any atom is -0.364 e. The van der Waals surface area contributed by atoms with Crippen molar-refractivity contribution in [1.29, 1.82) is 0 Å². The van der Waals surface area contributed by atoms with Crippen LogP contribution in [0.15, 0.2) is 66.9 Å². The molecule has 2 unspecified atom stereocenters. The van der Waals surface area contributed by atoms with Crippen LogP contribution in [0.25, 0.3) is 11.3 Å². The number of halogens is 4. The SMILES string of the molecule is CN(C(=O)C1(C)CCC1(Cl)C1=CC=CC=CN1)c1cc(-c2ccc(C(F)(F)F)nc2)ncn1. The number of hydrogen-bond acceptors (Lipinski definition) is 5. The van der Waals surface area contributed by atoms with E-state index in [1.807, 2.05) is 31.2 Å². The molecule has 1 N–H and O–H groups in total. The lowest BCUT2D eigenvalue weighted by atomic mass is 9.58. The number of alkyl halides is 4. The molecular formula is C23H21ClF3N5O. The number of pyridine rings is 1. The molecule has 1 amide bonds. The molecule has 0 aromatic carbocycles. The average molecular weight is 476 g/mol. The summed E-state index contributed by atoms with van der Waals surface area (Å²) in [5.41, 5.74) is -0.422. The Balaban J connectivity index is 1.59. The van der Waals surface area contributed by atoms with Gasteiger partial charge in [-0.15, -0.1) is 11.6 Å². The van der Waals surface area contributed by atoms with Gasteiger partial charge in [0.2, 0.25) is 5.91 Å². The van der Waals surface area contributed by atoms with Gasteiger partial charge in [0.25, 0.3) is 0 Å². The number of nitrogens with one attached hydrogen (secondary N) is 1. The number of rotatable bonds is 4. The quantitative estimate of drug-likeness (QED) is 0.640. The van der Waals surface area contributed by atoms with Gasteiger partial charge in [-0.05, 0) is 44.1 Å². The average Bonchev–Trinajstić information content (AvgIpc) is 3.11. The lowest BCUT2D eigenvalue weighted by Gasteiger charge is -2.54. The number of nitrogens with zero attached hydrogens (tertiary/aromatic N) is 4. The number of anilines is 1. The van der Waals surface area contributed by atoms with Gasteiger partial charge in [0.1, 0.15) is 17.8 Å². The van der Waals surface area contributed by atoms with Crippen LogP contribution in [-0.2, 0) is 11.0 Å². The second-order valence-corrected chi connectivity index (χ2v) is 8.80. The van der Waals surface area contributed by atoms with Crippen molar-refractivity contribution in [2.24, 2.45) is 5.41 Å². The molecule has 2 aromatic rings. The Kier molecular flexibility index (Phi) is 5.78. The van der Waals surface area contributed by atoms with E-state index in [1.165, 1.54) is 23.4 Å². The van der Waals surface area contributed by atoms with Crippen molar-refractivity contribution >= 4 is 23.3 Å². The van der Waals surface area contributed by atoms with Crippen LogP contribution in [0.3, 0.4) is 0 Å². The lowest BCUT2D eigenvalue weighted by Crippen LogP contribution is -2.62. The first-order valence-electron chi connectivity index (χ1n) is 10.2. The molecule has 33 heavy (non-hydrogen) atoms. The summed E-state index contributed by atoms with van der Waals surface area (Å²) in [4.78, 5) is 25.8. The molecule has 2 aromatic heterocycles. The first-order chi connectivity index (χ1) is 15.6. The van der Waals surface area contributed by atoms with Crippen molar-refractivity contribution in [2.45, 2.75) is 30.8 Å². The zero-order valence-electron chi connectivity index (χ0n) is 17.9. The molecule has 0 radical (unpaired) electrons. The van der Waals surface area contributed by atoms with Crippen LogP contribution in [0.1, 0.15) is 25.5 Å². The molecule has 1 fully saturated rings. The van der Waals surface area contributed by atoms with E-state index in [1.54, 1.807) is 13.2 Å². The number of amides is 1. The van der Waals surface area contributed by atoms with Crippen LogP contribution < -0.4 is 10.2 Å².